The average molecular weight is 719 g/mol. The minimum Gasteiger partial charge on any atom is -0.456 e. The lowest BCUT2D eigenvalue weighted by atomic mass is 9.96. The molecule has 5 nitrogen and oxygen atoms in total. The molecule has 264 valence electrons. The van der Waals surface area contributed by atoms with E-state index in [1.54, 1.807) is 0 Å². The molecule has 0 radical (unpaired) electrons. The number of hydrogen-bond acceptors (Lipinski definition) is 4. The molecule has 1 aliphatic carbocycles. The Morgan fingerprint density at radius 3 is 1.62 bits per heavy atom. The Labute approximate surface area is 323 Å². The van der Waals surface area contributed by atoms with Gasteiger partial charge in [0.15, 0.2) is 17.5 Å². The minimum absolute atomic E-state index is 0.655. The smallest absolute Gasteiger partial charge is 0.164 e. The fraction of sp³-hybridized carbons (Fsp3) is 0.0392. The van der Waals surface area contributed by atoms with Crippen LogP contribution in [0.2, 0.25) is 0 Å². The Kier molecular flexibility index (Phi) is 7.56. The summed E-state index contributed by atoms with van der Waals surface area (Å²) in [6.45, 7) is 0. The fourth-order valence-electron chi connectivity index (χ4n) is 8.33. The first-order valence-corrected chi connectivity index (χ1v) is 19.1. The lowest BCUT2D eigenvalue weighted by molar-refractivity contribution is 0.571. The minimum atomic E-state index is 0.655. The fourth-order valence-corrected chi connectivity index (χ4v) is 8.33. The normalized spacial score (nSPS) is 12.6. The highest BCUT2D eigenvalue weighted by Crippen LogP contribution is 2.38. The summed E-state index contributed by atoms with van der Waals surface area (Å²) in [6, 6.07) is 61.8. The third-order valence-corrected chi connectivity index (χ3v) is 10.9. The summed E-state index contributed by atoms with van der Waals surface area (Å²) >= 11 is 0. The van der Waals surface area contributed by atoms with Crippen LogP contribution in [0.15, 0.2) is 180 Å². The molecular formula is C51H34N4O. The van der Waals surface area contributed by atoms with Gasteiger partial charge < -0.3 is 8.98 Å². The molecule has 3 aromatic heterocycles. The quantitative estimate of drug-likeness (QED) is 0.172. The predicted octanol–water partition coefficient (Wildman–Crippen LogP) is 11.2. The molecule has 0 saturated carbocycles. The van der Waals surface area contributed by atoms with Crippen LogP contribution in [0.4, 0.5) is 0 Å². The molecule has 7 aromatic carbocycles. The van der Waals surface area contributed by atoms with Gasteiger partial charge in [-0.1, -0.05) is 146 Å². The van der Waals surface area contributed by atoms with Gasteiger partial charge in [-0.05, 0) is 65.9 Å². The van der Waals surface area contributed by atoms with Gasteiger partial charge in [0.05, 0.1) is 16.7 Å². The second-order valence-electron chi connectivity index (χ2n) is 14.3. The molecule has 1 aliphatic rings. The van der Waals surface area contributed by atoms with Gasteiger partial charge in [-0.25, -0.2) is 15.0 Å². The zero-order chi connectivity index (χ0) is 37.0. The number of hydrogen-bond donors (Lipinski definition) is 0. The summed E-state index contributed by atoms with van der Waals surface area (Å²) in [6.07, 6.45) is 3.83. The van der Waals surface area contributed by atoms with E-state index in [1.165, 1.54) is 32.9 Å². The molecule has 3 heterocycles. The standard InChI is InChI=1S/C51H34N4O/c1-4-15-33(16-5-1)38-29-27-37(32-45(38)55-43-24-12-10-21-39(43)40-22-11-13-25-44(40)55)36-28-30-46-42(31-36)48-41(23-14-26-47(48)56-46)51-53-49(34-17-6-2-7-18-34)52-50(54-51)35-19-8-3-9-20-35/h1-13,15-22,24-32H,14,23H2. The number of para-hydroxylation sites is 2. The lowest BCUT2D eigenvalue weighted by Gasteiger charge is -2.16. The molecule has 10 aromatic rings. The second kappa shape index (κ2) is 13.2. The first kappa shape index (κ1) is 32.1. The molecule has 11 rings (SSSR count). The molecule has 0 fully saturated rings. The van der Waals surface area contributed by atoms with Gasteiger partial charge in [0, 0.05) is 43.6 Å². The average Bonchev–Trinajstić information content (AvgIpc) is 3.82. The van der Waals surface area contributed by atoms with E-state index >= 15 is 0 Å². The molecule has 0 bridgehead atoms. The highest BCUT2D eigenvalue weighted by Gasteiger charge is 2.21. The SMILES string of the molecule is C1=c2oc3ccc(-c4ccc(-c5ccccc5)c(-n5c6ccccc6c6ccccc65)c4)cc3c2=C(c2nc(-c3ccccc3)nc(-c3ccccc3)n2)CC1. The first-order valence-electron chi connectivity index (χ1n) is 19.1. The van der Waals surface area contributed by atoms with Crippen molar-refractivity contribution in [3.05, 3.63) is 192 Å². The Hall–Kier alpha value is -7.37. The number of rotatable bonds is 6. The van der Waals surface area contributed by atoms with Gasteiger partial charge in [0.2, 0.25) is 0 Å². The van der Waals surface area contributed by atoms with E-state index < -0.39 is 0 Å². The summed E-state index contributed by atoms with van der Waals surface area (Å²) in [5.41, 5.74) is 12.8. The molecule has 5 heteroatoms. The highest BCUT2D eigenvalue weighted by atomic mass is 16.3. The Morgan fingerprint density at radius 1 is 0.446 bits per heavy atom. The third-order valence-electron chi connectivity index (χ3n) is 10.9. The van der Waals surface area contributed by atoms with Crippen LogP contribution in [-0.2, 0) is 0 Å². The number of fused-ring (bicyclic) bond motifs is 6. The van der Waals surface area contributed by atoms with Crippen molar-refractivity contribution in [3.8, 4) is 50.7 Å². The van der Waals surface area contributed by atoms with E-state index in [-0.39, 0.29) is 0 Å². The number of benzene rings is 7. The van der Waals surface area contributed by atoms with Crippen molar-refractivity contribution >= 4 is 44.4 Å². The van der Waals surface area contributed by atoms with E-state index in [0.29, 0.717) is 17.5 Å². The van der Waals surface area contributed by atoms with Crippen molar-refractivity contribution in [1.82, 2.24) is 19.5 Å². The molecular weight excluding hydrogens is 685 g/mol. The molecule has 0 unspecified atom stereocenters. The van der Waals surface area contributed by atoms with E-state index in [2.05, 4.69) is 150 Å². The lowest BCUT2D eigenvalue weighted by Crippen LogP contribution is -2.27. The summed E-state index contributed by atoms with van der Waals surface area (Å²) < 4.78 is 8.99. The monoisotopic (exact) mass is 718 g/mol. The van der Waals surface area contributed by atoms with Gasteiger partial charge in [-0.15, -0.1) is 0 Å². The van der Waals surface area contributed by atoms with Crippen LogP contribution in [0.1, 0.15) is 18.7 Å². The zero-order valence-corrected chi connectivity index (χ0v) is 30.4. The molecule has 0 N–H and O–H groups in total. The third kappa shape index (κ3) is 5.36. The van der Waals surface area contributed by atoms with Gasteiger partial charge in [-0.3, -0.25) is 0 Å². The van der Waals surface area contributed by atoms with Gasteiger partial charge in [0.1, 0.15) is 11.0 Å². The first-order chi connectivity index (χ1) is 27.8. The second-order valence-corrected chi connectivity index (χ2v) is 14.3. The maximum Gasteiger partial charge on any atom is 0.164 e. The van der Waals surface area contributed by atoms with E-state index in [1.807, 2.05) is 36.4 Å². The van der Waals surface area contributed by atoms with Gasteiger partial charge in [0.25, 0.3) is 0 Å². The molecule has 0 aliphatic heterocycles. The van der Waals surface area contributed by atoms with Crippen LogP contribution in [-0.4, -0.2) is 19.5 Å². The van der Waals surface area contributed by atoms with E-state index in [0.717, 1.165) is 68.0 Å². The Bertz CT molecular complexity index is 3130. The number of aromatic nitrogens is 4. The maximum atomic E-state index is 6.57. The van der Waals surface area contributed by atoms with Crippen LogP contribution in [0.3, 0.4) is 0 Å². The summed E-state index contributed by atoms with van der Waals surface area (Å²) in [5.74, 6) is 1.99. The van der Waals surface area contributed by atoms with Crippen molar-refractivity contribution in [3.63, 3.8) is 0 Å². The molecule has 0 atom stereocenters. The highest BCUT2D eigenvalue weighted by molar-refractivity contribution is 6.10. The van der Waals surface area contributed by atoms with Crippen molar-refractivity contribution < 1.29 is 4.42 Å². The molecule has 0 spiro atoms. The topological polar surface area (TPSA) is 56.7 Å². The van der Waals surface area contributed by atoms with Crippen molar-refractivity contribution in [1.29, 1.82) is 0 Å². The maximum absolute atomic E-state index is 6.57. The zero-order valence-electron chi connectivity index (χ0n) is 30.4. The van der Waals surface area contributed by atoms with Crippen LogP contribution in [0, 0.1) is 0 Å². The van der Waals surface area contributed by atoms with E-state index in [9.17, 15) is 0 Å². The van der Waals surface area contributed by atoms with Crippen molar-refractivity contribution in [2.75, 3.05) is 0 Å². The number of furan rings is 1. The Morgan fingerprint density at radius 2 is 0.982 bits per heavy atom. The van der Waals surface area contributed by atoms with Crippen molar-refractivity contribution in [2.45, 2.75) is 12.8 Å². The molecule has 0 saturated heterocycles. The summed E-state index contributed by atoms with van der Waals surface area (Å²) in [7, 11) is 0. The van der Waals surface area contributed by atoms with Crippen LogP contribution in [0.5, 0.6) is 0 Å². The largest absolute Gasteiger partial charge is 0.456 e. The Balaban J connectivity index is 1.13. The van der Waals surface area contributed by atoms with Gasteiger partial charge >= 0.3 is 0 Å². The van der Waals surface area contributed by atoms with Crippen LogP contribution >= 0.6 is 0 Å². The van der Waals surface area contributed by atoms with Gasteiger partial charge in [-0.2, -0.15) is 0 Å². The van der Waals surface area contributed by atoms with Crippen molar-refractivity contribution in [2.24, 2.45) is 0 Å². The van der Waals surface area contributed by atoms with Crippen LogP contribution < -0.4 is 10.6 Å². The summed E-state index contributed by atoms with van der Waals surface area (Å²) in [4.78, 5) is 15.2. The molecule has 56 heavy (non-hydrogen) atoms. The number of nitrogens with zero attached hydrogens (tertiary/aromatic N) is 4. The predicted molar refractivity (Wildman–Crippen MR) is 228 cm³/mol. The van der Waals surface area contributed by atoms with Crippen LogP contribution in [0.25, 0.3) is 95.1 Å². The van der Waals surface area contributed by atoms with E-state index in [4.69, 9.17) is 19.4 Å². The summed E-state index contributed by atoms with van der Waals surface area (Å²) in [5, 5.41) is 4.59. The molecule has 0 amide bonds.